The van der Waals surface area contributed by atoms with Crippen LogP contribution in [0.4, 0.5) is 5.69 Å². The molecule has 0 aromatic heterocycles. The molecule has 0 unspecified atom stereocenters. The highest BCUT2D eigenvalue weighted by Crippen LogP contribution is 2.18. The molecule has 0 aliphatic carbocycles. The Hall–Kier alpha value is -2.49. The Bertz CT molecular complexity index is 665. The molecule has 0 fully saturated rings. The molecule has 1 amide bonds. The average molecular weight is 327 g/mol. The highest BCUT2D eigenvalue weighted by Gasteiger charge is 2.05. The van der Waals surface area contributed by atoms with Gasteiger partial charge < -0.3 is 14.8 Å². The van der Waals surface area contributed by atoms with Crippen LogP contribution in [0, 0.1) is 13.8 Å². The van der Waals surface area contributed by atoms with Gasteiger partial charge in [0.2, 0.25) is 5.91 Å². The Morgan fingerprint density at radius 1 is 1.00 bits per heavy atom. The van der Waals surface area contributed by atoms with E-state index in [0.717, 1.165) is 22.7 Å². The maximum absolute atomic E-state index is 12.0. The van der Waals surface area contributed by atoms with Gasteiger partial charge in [0, 0.05) is 12.1 Å². The molecule has 0 aliphatic heterocycles. The minimum Gasteiger partial charge on any atom is -0.494 e. The zero-order valence-corrected chi connectivity index (χ0v) is 14.6. The number of hydrogen-bond donors (Lipinski definition) is 1. The molecule has 0 spiro atoms. The number of benzene rings is 2. The largest absolute Gasteiger partial charge is 0.494 e. The van der Waals surface area contributed by atoms with Crippen molar-refractivity contribution >= 4 is 11.6 Å². The van der Waals surface area contributed by atoms with E-state index in [1.54, 1.807) is 0 Å². The van der Waals surface area contributed by atoms with Crippen molar-refractivity contribution < 1.29 is 14.3 Å². The molecule has 4 heteroatoms. The van der Waals surface area contributed by atoms with Crippen molar-refractivity contribution in [3.63, 3.8) is 0 Å². The second kappa shape index (κ2) is 8.96. The smallest absolute Gasteiger partial charge is 0.224 e. The summed E-state index contributed by atoms with van der Waals surface area (Å²) in [5.41, 5.74) is 3.14. The number of aryl methyl sites for hydroxylation is 2. The molecule has 2 aromatic carbocycles. The van der Waals surface area contributed by atoms with E-state index in [9.17, 15) is 4.79 Å². The lowest BCUT2D eigenvalue weighted by Crippen LogP contribution is -2.13. The summed E-state index contributed by atoms with van der Waals surface area (Å²) in [4.78, 5) is 12.0. The van der Waals surface area contributed by atoms with Crippen LogP contribution < -0.4 is 14.8 Å². The average Bonchev–Trinajstić information content (AvgIpc) is 2.56. The number of carbonyl (C=O) groups is 1. The van der Waals surface area contributed by atoms with Crippen LogP contribution in [0.5, 0.6) is 11.5 Å². The molecule has 24 heavy (non-hydrogen) atoms. The minimum absolute atomic E-state index is 0.0113. The van der Waals surface area contributed by atoms with E-state index < -0.39 is 0 Å². The van der Waals surface area contributed by atoms with Gasteiger partial charge in [0.15, 0.2) is 0 Å². The van der Waals surface area contributed by atoms with Crippen molar-refractivity contribution in [1.29, 1.82) is 0 Å². The summed E-state index contributed by atoms with van der Waals surface area (Å²) in [6, 6.07) is 13.5. The summed E-state index contributed by atoms with van der Waals surface area (Å²) < 4.78 is 11.0. The van der Waals surface area contributed by atoms with Crippen LogP contribution in [0.3, 0.4) is 0 Å². The van der Waals surface area contributed by atoms with E-state index in [0.29, 0.717) is 26.1 Å². The van der Waals surface area contributed by atoms with Gasteiger partial charge in [0.25, 0.3) is 0 Å². The summed E-state index contributed by atoms with van der Waals surface area (Å²) in [5.74, 6) is 1.63. The summed E-state index contributed by atoms with van der Waals surface area (Å²) in [6.45, 7) is 7.14. The van der Waals surface area contributed by atoms with Gasteiger partial charge in [-0.3, -0.25) is 4.79 Å². The molecule has 2 aromatic rings. The lowest BCUT2D eigenvalue weighted by Gasteiger charge is -2.10. The first-order valence-corrected chi connectivity index (χ1v) is 8.31. The van der Waals surface area contributed by atoms with Gasteiger partial charge in [-0.2, -0.15) is 0 Å². The van der Waals surface area contributed by atoms with E-state index in [2.05, 4.69) is 11.4 Å². The molecule has 4 nitrogen and oxygen atoms in total. The van der Waals surface area contributed by atoms with Crippen LogP contribution in [0.15, 0.2) is 42.5 Å². The third-order valence-corrected chi connectivity index (χ3v) is 3.61. The number of nitrogens with one attached hydrogen (secondary N) is 1. The summed E-state index contributed by atoms with van der Waals surface area (Å²) in [6.07, 6.45) is 1.11. The van der Waals surface area contributed by atoms with Gasteiger partial charge in [-0.05, 0) is 63.1 Å². The fourth-order valence-electron chi connectivity index (χ4n) is 2.39. The fourth-order valence-corrected chi connectivity index (χ4v) is 2.39. The highest BCUT2D eigenvalue weighted by atomic mass is 16.5. The van der Waals surface area contributed by atoms with Crippen molar-refractivity contribution in [3.8, 4) is 11.5 Å². The molecule has 0 heterocycles. The second-order valence-corrected chi connectivity index (χ2v) is 5.72. The number of carbonyl (C=O) groups excluding carboxylic acids is 1. The molecule has 0 bridgehead atoms. The third kappa shape index (κ3) is 5.61. The minimum atomic E-state index is 0.0113. The topological polar surface area (TPSA) is 47.6 Å². The van der Waals surface area contributed by atoms with Crippen molar-refractivity contribution in [3.05, 3.63) is 53.6 Å². The maximum atomic E-state index is 12.0. The normalized spacial score (nSPS) is 10.3. The van der Waals surface area contributed by atoms with Gasteiger partial charge in [0.1, 0.15) is 11.5 Å². The third-order valence-electron chi connectivity index (χ3n) is 3.61. The Morgan fingerprint density at radius 3 is 2.29 bits per heavy atom. The predicted molar refractivity (Wildman–Crippen MR) is 96.9 cm³/mol. The Morgan fingerprint density at radius 2 is 1.67 bits per heavy atom. The quantitative estimate of drug-likeness (QED) is 0.726. The first kappa shape index (κ1) is 17.9. The second-order valence-electron chi connectivity index (χ2n) is 5.72. The van der Waals surface area contributed by atoms with Gasteiger partial charge >= 0.3 is 0 Å². The fraction of sp³-hybridized carbons (Fsp3) is 0.350. The lowest BCUT2D eigenvalue weighted by atomic mass is 10.1. The van der Waals surface area contributed by atoms with Crippen LogP contribution in [0.2, 0.25) is 0 Å². The zero-order valence-electron chi connectivity index (χ0n) is 14.6. The van der Waals surface area contributed by atoms with Crippen LogP contribution in [-0.4, -0.2) is 19.1 Å². The zero-order chi connectivity index (χ0) is 17.4. The number of amides is 1. The first-order chi connectivity index (χ1) is 11.6. The van der Waals surface area contributed by atoms with Gasteiger partial charge in [-0.25, -0.2) is 0 Å². The van der Waals surface area contributed by atoms with E-state index in [1.165, 1.54) is 5.56 Å². The number of ether oxygens (including phenoxy) is 2. The van der Waals surface area contributed by atoms with E-state index in [-0.39, 0.29) is 5.91 Å². The van der Waals surface area contributed by atoms with Crippen LogP contribution in [0.25, 0.3) is 0 Å². The monoisotopic (exact) mass is 327 g/mol. The summed E-state index contributed by atoms with van der Waals surface area (Å²) in [7, 11) is 0. The number of anilines is 1. The van der Waals surface area contributed by atoms with Crippen molar-refractivity contribution in [2.75, 3.05) is 18.5 Å². The van der Waals surface area contributed by atoms with Gasteiger partial charge in [0.05, 0.1) is 13.2 Å². The molecule has 128 valence electrons. The van der Waals surface area contributed by atoms with Gasteiger partial charge in [-0.15, -0.1) is 0 Å². The van der Waals surface area contributed by atoms with Crippen molar-refractivity contribution in [1.82, 2.24) is 0 Å². The highest BCUT2D eigenvalue weighted by molar-refractivity contribution is 5.91. The molecule has 0 saturated heterocycles. The standard InChI is InChI=1S/C20H25NO3/c1-4-23-17-8-10-18(11-9-17)24-13-5-6-20(22)21-19-12-7-15(2)14-16(19)3/h7-12,14H,4-6,13H2,1-3H3,(H,21,22). The van der Waals surface area contributed by atoms with E-state index in [4.69, 9.17) is 9.47 Å². The molecular weight excluding hydrogens is 302 g/mol. The molecular formula is C20H25NO3. The SMILES string of the molecule is CCOc1ccc(OCCCC(=O)Nc2ccc(C)cc2C)cc1. The van der Waals surface area contributed by atoms with Crippen molar-refractivity contribution in [2.45, 2.75) is 33.6 Å². The molecule has 0 saturated carbocycles. The van der Waals surface area contributed by atoms with Crippen LogP contribution in [-0.2, 0) is 4.79 Å². The Labute approximate surface area is 143 Å². The summed E-state index contributed by atoms with van der Waals surface area (Å²) in [5, 5.41) is 2.95. The van der Waals surface area contributed by atoms with Crippen molar-refractivity contribution in [2.24, 2.45) is 0 Å². The number of rotatable bonds is 8. The Balaban J connectivity index is 1.70. The van der Waals surface area contributed by atoms with Crippen LogP contribution >= 0.6 is 0 Å². The Kier molecular flexibility index (Phi) is 6.67. The number of hydrogen-bond acceptors (Lipinski definition) is 3. The molecule has 2 rings (SSSR count). The van der Waals surface area contributed by atoms with Crippen LogP contribution in [0.1, 0.15) is 30.9 Å². The van der Waals surface area contributed by atoms with Gasteiger partial charge in [-0.1, -0.05) is 17.7 Å². The first-order valence-electron chi connectivity index (χ1n) is 8.31. The van der Waals surface area contributed by atoms with E-state index >= 15 is 0 Å². The molecule has 0 radical (unpaired) electrons. The lowest BCUT2D eigenvalue weighted by molar-refractivity contribution is -0.116. The van der Waals surface area contributed by atoms with E-state index in [1.807, 2.05) is 57.2 Å². The predicted octanol–water partition coefficient (Wildman–Crippen LogP) is 4.50. The molecule has 0 atom stereocenters. The summed E-state index contributed by atoms with van der Waals surface area (Å²) >= 11 is 0. The molecule has 1 N–H and O–H groups in total. The maximum Gasteiger partial charge on any atom is 0.224 e. The molecule has 0 aliphatic rings.